The van der Waals surface area contributed by atoms with Crippen molar-refractivity contribution in [2.45, 2.75) is 10.9 Å². The van der Waals surface area contributed by atoms with Crippen LogP contribution in [-0.2, 0) is 5.75 Å². The van der Waals surface area contributed by atoms with Gasteiger partial charge in [0.2, 0.25) is 5.89 Å². The Morgan fingerprint density at radius 3 is 2.84 bits per heavy atom. The highest BCUT2D eigenvalue weighted by atomic mass is 32.2. The Morgan fingerprint density at radius 1 is 1.26 bits per heavy atom. The first-order valence-corrected chi connectivity index (χ1v) is 6.57. The lowest BCUT2D eigenvalue weighted by Crippen LogP contribution is -2.00. The molecule has 0 fully saturated rings. The van der Waals surface area contributed by atoms with E-state index >= 15 is 0 Å². The topological polar surface area (TPSA) is 87.6 Å². The zero-order valence-electron chi connectivity index (χ0n) is 9.79. The molecule has 6 nitrogen and oxygen atoms in total. The summed E-state index contributed by atoms with van der Waals surface area (Å²) in [6.45, 7) is 0. The van der Waals surface area contributed by atoms with Crippen molar-refractivity contribution >= 4 is 11.8 Å². The molecule has 2 N–H and O–H groups in total. The van der Waals surface area contributed by atoms with Crippen LogP contribution in [-0.4, -0.2) is 20.2 Å². The Morgan fingerprint density at radius 2 is 2.11 bits per heavy atom. The number of hydrogen-bond acceptors (Lipinski definition) is 5. The molecule has 3 rings (SSSR count). The van der Waals surface area contributed by atoms with Gasteiger partial charge in [0.1, 0.15) is 6.26 Å². The van der Waals surface area contributed by atoms with E-state index in [2.05, 4.69) is 20.2 Å². The van der Waals surface area contributed by atoms with E-state index in [0.29, 0.717) is 16.8 Å². The predicted octanol–water partition coefficient (Wildman–Crippen LogP) is 2.05. The number of rotatable bonds is 4. The van der Waals surface area contributed by atoms with E-state index < -0.39 is 0 Å². The number of nitrogens with one attached hydrogen (secondary N) is 2. The van der Waals surface area contributed by atoms with Crippen LogP contribution < -0.4 is 5.69 Å². The number of aromatic amines is 2. The highest BCUT2D eigenvalue weighted by Crippen LogP contribution is 2.22. The average molecular weight is 274 g/mol. The molecule has 0 amide bonds. The summed E-state index contributed by atoms with van der Waals surface area (Å²) in [5.41, 5.74) is 1.42. The molecule has 2 aromatic heterocycles. The van der Waals surface area contributed by atoms with E-state index in [1.807, 2.05) is 30.3 Å². The molecule has 0 aliphatic rings. The zero-order chi connectivity index (χ0) is 13.1. The van der Waals surface area contributed by atoms with Gasteiger partial charge in [-0.25, -0.2) is 14.9 Å². The van der Waals surface area contributed by atoms with Gasteiger partial charge in [-0.15, -0.1) is 5.10 Å². The maximum atomic E-state index is 10.9. The second kappa shape index (κ2) is 5.15. The van der Waals surface area contributed by atoms with Crippen molar-refractivity contribution in [2.24, 2.45) is 0 Å². The monoisotopic (exact) mass is 274 g/mol. The van der Waals surface area contributed by atoms with Crippen molar-refractivity contribution in [1.29, 1.82) is 0 Å². The molecular weight excluding hydrogens is 264 g/mol. The summed E-state index contributed by atoms with van der Waals surface area (Å²) < 4.78 is 5.42. The van der Waals surface area contributed by atoms with Crippen molar-refractivity contribution in [3.63, 3.8) is 0 Å². The van der Waals surface area contributed by atoms with Crippen LogP contribution in [0.3, 0.4) is 0 Å². The zero-order valence-corrected chi connectivity index (χ0v) is 10.6. The van der Waals surface area contributed by atoms with E-state index in [1.54, 1.807) is 6.26 Å². The lowest BCUT2D eigenvalue weighted by molar-refractivity contribution is 0.573. The highest BCUT2D eigenvalue weighted by molar-refractivity contribution is 7.98. The van der Waals surface area contributed by atoms with E-state index in [4.69, 9.17) is 4.42 Å². The molecule has 0 atom stereocenters. The Hall–Kier alpha value is -2.28. The maximum absolute atomic E-state index is 10.9. The van der Waals surface area contributed by atoms with Gasteiger partial charge in [0.05, 0.1) is 5.69 Å². The molecule has 2 heterocycles. The molecule has 0 aliphatic carbocycles. The molecule has 0 bridgehead atoms. The van der Waals surface area contributed by atoms with Gasteiger partial charge in [-0.2, -0.15) is 0 Å². The van der Waals surface area contributed by atoms with Crippen LogP contribution in [0.25, 0.3) is 11.5 Å². The Labute approximate surface area is 112 Å². The minimum absolute atomic E-state index is 0.312. The van der Waals surface area contributed by atoms with Crippen LogP contribution in [0.4, 0.5) is 0 Å². The summed E-state index contributed by atoms with van der Waals surface area (Å²) in [5.74, 6) is 1.17. The molecule has 0 unspecified atom stereocenters. The van der Waals surface area contributed by atoms with Crippen molar-refractivity contribution in [3.05, 3.63) is 52.8 Å². The van der Waals surface area contributed by atoms with Gasteiger partial charge >= 0.3 is 5.69 Å². The standard InChI is InChI=1S/C12H10N4O2S/c17-11-14-12(16-15-11)19-7-9-6-18-10(13-9)8-4-2-1-3-5-8/h1-6H,7H2,(H2,14,15,16,17). The number of oxazole rings is 1. The van der Waals surface area contributed by atoms with Gasteiger partial charge in [-0.05, 0) is 12.1 Å². The van der Waals surface area contributed by atoms with Crippen LogP contribution in [0.1, 0.15) is 5.69 Å². The Bertz CT molecular complexity index is 716. The van der Waals surface area contributed by atoms with Gasteiger partial charge < -0.3 is 4.42 Å². The average Bonchev–Trinajstić information content (AvgIpc) is 3.06. The van der Waals surface area contributed by atoms with Crippen molar-refractivity contribution in [1.82, 2.24) is 20.2 Å². The number of thioether (sulfide) groups is 1. The highest BCUT2D eigenvalue weighted by Gasteiger charge is 2.07. The minimum Gasteiger partial charge on any atom is -0.444 e. The third-order valence-electron chi connectivity index (χ3n) is 2.41. The van der Waals surface area contributed by atoms with Crippen LogP contribution in [0, 0.1) is 0 Å². The van der Waals surface area contributed by atoms with Gasteiger partial charge in [0.25, 0.3) is 0 Å². The molecule has 3 aromatic rings. The van der Waals surface area contributed by atoms with E-state index in [-0.39, 0.29) is 5.69 Å². The number of nitrogens with zero attached hydrogens (tertiary/aromatic N) is 2. The molecule has 0 saturated heterocycles. The summed E-state index contributed by atoms with van der Waals surface area (Å²) in [6, 6.07) is 9.68. The van der Waals surface area contributed by atoms with Crippen LogP contribution >= 0.6 is 11.8 Å². The summed E-state index contributed by atoms with van der Waals surface area (Å²) in [6.07, 6.45) is 1.61. The van der Waals surface area contributed by atoms with E-state index in [0.717, 1.165) is 11.3 Å². The first-order chi connectivity index (χ1) is 9.31. The van der Waals surface area contributed by atoms with Crippen molar-refractivity contribution in [2.75, 3.05) is 0 Å². The molecule has 0 saturated carbocycles. The minimum atomic E-state index is -0.312. The number of aromatic nitrogens is 4. The molecule has 0 aliphatic heterocycles. The normalized spacial score (nSPS) is 10.7. The lowest BCUT2D eigenvalue weighted by atomic mass is 10.2. The second-order valence-electron chi connectivity index (χ2n) is 3.78. The largest absolute Gasteiger partial charge is 0.444 e. The smallest absolute Gasteiger partial charge is 0.341 e. The lowest BCUT2D eigenvalue weighted by Gasteiger charge is -1.93. The Balaban J connectivity index is 1.70. The van der Waals surface area contributed by atoms with Crippen molar-refractivity contribution in [3.8, 4) is 11.5 Å². The quantitative estimate of drug-likeness (QED) is 0.711. The molecule has 7 heteroatoms. The second-order valence-corrected chi connectivity index (χ2v) is 4.75. The summed E-state index contributed by atoms with van der Waals surface area (Å²) >= 11 is 1.38. The first-order valence-electron chi connectivity index (χ1n) is 5.58. The number of hydrogen-bond donors (Lipinski definition) is 2. The third-order valence-corrected chi connectivity index (χ3v) is 3.32. The fourth-order valence-electron chi connectivity index (χ4n) is 1.55. The number of H-pyrrole nitrogens is 2. The van der Waals surface area contributed by atoms with Gasteiger partial charge in [-0.3, -0.25) is 4.98 Å². The van der Waals surface area contributed by atoms with Gasteiger partial charge in [0, 0.05) is 11.3 Å². The molecular formula is C12H10N4O2S. The molecule has 19 heavy (non-hydrogen) atoms. The molecule has 0 spiro atoms. The SMILES string of the molecule is O=c1[nH]nc(SCc2coc(-c3ccccc3)n2)[nH]1. The van der Waals surface area contributed by atoms with Crippen LogP contribution in [0.5, 0.6) is 0 Å². The molecule has 1 aromatic carbocycles. The van der Waals surface area contributed by atoms with Crippen molar-refractivity contribution < 1.29 is 4.42 Å². The van der Waals surface area contributed by atoms with E-state index in [1.165, 1.54) is 11.8 Å². The first kappa shape index (κ1) is 11.8. The molecule has 0 radical (unpaired) electrons. The third kappa shape index (κ3) is 2.76. The summed E-state index contributed by atoms with van der Waals surface area (Å²) in [5, 5.41) is 6.65. The van der Waals surface area contributed by atoms with Gasteiger partial charge in [0.15, 0.2) is 5.16 Å². The van der Waals surface area contributed by atoms with Crippen LogP contribution in [0.2, 0.25) is 0 Å². The maximum Gasteiger partial charge on any atom is 0.341 e. The fraction of sp³-hybridized carbons (Fsp3) is 0.0833. The van der Waals surface area contributed by atoms with E-state index in [9.17, 15) is 4.79 Å². The Kier molecular flexibility index (Phi) is 3.20. The molecule has 96 valence electrons. The fourth-order valence-corrected chi connectivity index (χ4v) is 2.24. The summed E-state index contributed by atoms with van der Waals surface area (Å²) in [7, 11) is 0. The predicted molar refractivity (Wildman–Crippen MR) is 70.7 cm³/mol. The summed E-state index contributed by atoms with van der Waals surface area (Å²) in [4.78, 5) is 17.8. The number of benzene rings is 1. The van der Waals surface area contributed by atoms with Crippen LogP contribution in [0.15, 0.2) is 51.0 Å². The van der Waals surface area contributed by atoms with Gasteiger partial charge in [-0.1, -0.05) is 30.0 Å².